The third kappa shape index (κ3) is 2.47. The van der Waals surface area contributed by atoms with Crippen molar-refractivity contribution in [1.29, 1.82) is 0 Å². The van der Waals surface area contributed by atoms with Crippen LogP contribution in [0.25, 0.3) is 0 Å². The van der Waals surface area contributed by atoms with Crippen LogP contribution < -0.4 is 5.32 Å². The van der Waals surface area contributed by atoms with E-state index < -0.39 is 11.9 Å². The molecule has 0 amide bonds. The highest BCUT2D eigenvalue weighted by Crippen LogP contribution is 2.42. The minimum absolute atomic E-state index is 0.00530. The number of carboxylic acid groups (broad SMARTS) is 1. The van der Waals surface area contributed by atoms with Crippen LogP contribution in [0.3, 0.4) is 0 Å². The number of Topliss-reactive ketones (excluding diaryl/α,β-unsaturated/α-hetero) is 1. The van der Waals surface area contributed by atoms with E-state index in [0.717, 1.165) is 5.56 Å². The molecule has 6 heteroatoms. The van der Waals surface area contributed by atoms with Gasteiger partial charge in [0.1, 0.15) is 11.7 Å². The Bertz CT molecular complexity index is 995. The number of imidazole rings is 1. The van der Waals surface area contributed by atoms with Crippen LogP contribution in [0.1, 0.15) is 44.1 Å². The molecule has 0 fully saturated rings. The van der Waals surface area contributed by atoms with Gasteiger partial charge in [-0.3, -0.25) is 4.79 Å². The van der Waals surface area contributed by atoms with E-state index in [1.165, 1.54) is 6.07 Å². The molecule has 2 unspecified atom stereocenters. The van der Waals surface area contributed by atoms with Gasteiger partial charge < -0.3 is 15.0 Å². The Balaban J connectivity index is 1.93. The van der Waals surface area contributed by atoms with E-state index in [0.29, 0.717) is 11.5 Å². The fourth-order valence-corrected chi connectivity index (χ4v) is 3.55. The summed E-state index contributed by atoms with van der Waals surface area (Å²) in [5, 5.41) is 12.9. The first-order chi connectivity index (χ1) is 12.6. The molecular formula is C20H17N3O3. The van der Waals surface area contributed by atoms with Gasteiger partial charge in [0.05, 0.1) is 17.2 Å². The zero-order valence-electron chi connectivity index (χ0n) is 14.1. The molecule has 4 rings (SSSR count). The maximum Gasteiger partial charge on any atom is 0.336 e. The van der Waals surface area contributed by atoms with Gasteiger partial charge in [0.2, 0.25) is 0 Å². The monoisotopic (exact) mass is 347 g/mol. The smallest absolute Gasteiger partial charge is 0.336 e. The van der Waals surface area contributed by atoms with Crippen molar-refractivity contribution in [3.63, 3.8) is 0 Å². The zero-order valence-corrected chi connectivity index (χ0v) is 14.1. The molecule has 130 valence electrons. The van der Waals surface area contributed by atoms with Gasteiger partial charge in [-0.2, -0.15) is 0 Å². The molecule has 6 nitrogen and oxygen atoms in total. The molecule has 0 bridgehead atoms. The number of carboxylic acids is 1. The summed E-state index contributed by atoms with van der Waals surface area (Å²) in [6.07, 6.45) is 3.42. The van der Waals surface area contributed by atoms with E-state index in [1.807, 2.05) is 37.4 Å². The number of benzene rings is 2. The molecule has 26 heavy (non-hydrogen) atoms. The number of aromatic nitrogens is 2. The van der Waals surface area contributed by atoms with Crippen molar-refractivity contribution < 1.29 is 14.7 Å². The Morgan fingerprint density at radius 3 is 2.58 bits per heavy atom. The van der Waals surface area contributed by atoms with Crippen molar-refractivity contribution in [2.75, 3.05) is 5.32 Å². The van der Waals surface area contributed by atoms with Crippen LogP contribution in [0.15, 0.2) is 60.9 Å². The average Bonchev–Trinajstić information content (AvgIpc) is 3.07. The van der Waals surface area contributed by atoms with Gasteiger partial charge in [0, 0.05) is 25.1 Å². The fourth-order valence-electron chi connectivity index (χ4n) is 3.55. The maximum atomic E-state index is 13.4. The van der Waals surface area contributed by atoms with Crippen LogP contribution in [-0.4, -0.2) is 26.4 Å². The first-order valence-corrected chi connectivity index (χ1v) is 8.27. The zero-order chi connectivity index (χ0) is 18.3. The summed E-state index contributed by atoms with van der Waals surface area (Å²) in [4.78, 5) is 29.4. The Labute approximate surface area is 150 Å². The molecule has 0 saturated carbocycles. The Morgan fingerprint density at radius 2 is 1.92 bits per heavy atom. The average molecular weight is 347 g/mol. The van der Waals surface area contributed by atoms with Gasteiger partial charge in [-0.15, -0.1) is 0 Å². The Kier molecular flexibility index (Phi) is 3.80. The second-order valence-electron chi connectivity index (χ2n) is 6.30. The van der Waals surface area contributed by atoms with Crippen molar-refractivity contribution in [1.82, 2.24) is 9.55 Å². The minimum atomic E-state index is -1.12. The molecule has 1 aliphatic rings. The first kappa shape index (κ1) is 16.1. The van der Waals surface area contributed by atoms with Crippen LogP contribution >= 0.6 is 0 Å². The topological polar surface area (TPSA) is 84.2 Å². The second kappa shape index (κ2) is 6.15. The number of nitrogens with zero attached hydrogens (tertiary/aromatic N) is 2. The molecule has 2 N–H and O–H groups in total. The number of carbonyl (C=O) groups excluding carboxylic acids is 1. The molecule has 2 atom stereocenters. The summed E-state index contributed by atoms with van der Waals surface area (Å²) in [6.45, 7) is 0. The summed E-state index contributed by atoms with van der Waals surface area (Å²) >= 11 is 0. The molecule has 2 heterocycles. The van der Waals surface area contributed by atoms with E-state index in [-0.39, 0.29) is 23.0 Å². The van der Waals surface area contributed by atoms with Gasteiger partial charge >= 0.3 is 5.97 Å². The van der Waals surface area contributed by atoms with Crippen LogP contribution in [0.2, 0.25) is 0 Å². The number of anilines is 1. The molecular weight excluding hydrogens is 330 g/mol. The van der Waals surface area contributed by atoms with E-state index >= 15 is 0 Å². The maximum absolute atomic E-state index is 13.4. The summed E-state index contributed by atoms with van der Waals surface area (Å²) in [5.41, 5.74) is 1.69. The van der Waals surface area contributed by atoms with Crippen LogP contribution in [0, 0.1) is 0 Å². The highest BCUT2D eigenvalue weighted by atomic mass is 16.4. The molecule has 0 spiro atoms. The molecule has 1 aromatic heterocycles. The largest absolute Gasteiger partial charge is 0.478 e. The molecule has 0 radical (unpaired) electrons. The molecule has 0 saturated heterocycles. The number of hydrogen-bond donors (Lipinski definition) is 2. The summed E-state index contributed by atoms with van der Waals surface area (Å²) in [7, 11) is 1.83. The lowest BCUT2D eigenvalue weighted by Crippen LogP contribution is -2.34. The first-order valence-electron chi connectivity index (χ1n) is 8.27. The van der Waals surface area contributed by atoms with Crippen molar-refractivity contribution >= 4 is 17.4 Å². The van der Waals surface area contributed by atoms with Crippen molar-refractivity contribution in [2.45, 2.75) is 12.0 Å². The SMILES string of the molecule is Cn1ccnc1C1C(=O)c2c(cccc2C(=O)O)NC1c1ccccc1. The predicted molar refractivity (Wildman–Crippen MR) is 96.5 cm³/mol. The Hall–Kier alpha value is -3.41. The number of rotatable bonds is 3. The third-order valence-corrected chi connectivity index (χ3v) is 4.76. The van der Waals surface area contributed by atoms with Crippen LogP contribution in [0.4, 0.5) is 5.69 Å². The van der Waals surface area contributed by atoms with Gasteiger partial charge in [-0.05, 0) is 17.7 Å². The van der Waals surface area contributed by atoms with E-state index in [4.69, 9.17) is 0 Å². The normalized spacial score (nSPS) is 18.9. The fraction of sp³-hybridized carbons (Fsp3) is 0.150. The predicted octanol–water partition coefficient (Wildman–Crippen LogP) is 3.25. The van der Waals surface area contributed by atoms with E-state index in [1.54, 1.807) is 29.1 Å². The molecule has 2 aromatic carbocycles. The Morgan fingerprint density at radius 1 is 1.15 bits per heavy atom. The standard InChI is InChI=1S/C20H17N3O3/c1-23-11-10-21-19(23)16-17(12-6-3-2-4-7-12)22-14-9-5-8-13(20(25)26)15(14)18(16)24/h2-11,16-17,22H,1H3,(H,25,26). The van der Waals surface area contributed by atoms with Crippen molar-refractivity contribution in [3.05, 3.63) is 83.4 Å². The molecule has 3 aromatic rings. The summed E-state index contributed by atoms with van der Waals surface area (Å²) in [5.74, 6) is -1.37. The van der Waals surface area contributed by atoms with Gasteiger partial charge in [0.25, 0.3) is 0 Å². The lowest BCUT2D eigenvalue weighted by atomic mass is 9.80. The quantitative estimate of drug-likeness (QED) is 0.760. The number of hydrogen-bond acceptors (Lipinski definition) is 4. The van der Waals surface area contributed by atoms with Gasteiger partial charge in [-0.25, -0.2) is 9.78 Å². The van der Waals surface area contributed by atoms with Crippen LogP contribution in [-0.2, 0) is 7.05 Å². The number of aromatic carboxylic acids is 1. The van der Waals surface area contributed by atoms with Gasteiger partial charge in [-0.1, -0.05) is 36.4 Å². The van der Waals surface area contributed by atoms with E-state index in [2.05, 4.69) is 10.3 Å². The second-order valence-corrected chi connectivity index (χ2v) is 6.30. The third-order valence-electron chi connectivity index (χ3n) is 4.76. The number of carbonyl (C=O) groups is 2. The van der Waals surface area contributed by atoms with Crippen molar-refractivity contribution in [2.24, 2.45) is 7.05 Å². The summed E-state index contributed by atoms with van der Waals surface area (Å²) < 4.78 is 1.80. The lowest BCUT2D eigenvalue weighted by molar-refractivity contribution is 0.0690. The molecule has 0 aliphatic carbocycles. The number of fused-ring (bicyclic) bond motifs is 1. The van der Waals surface area contributed by atoms with Crippen LogP contribution in [0.5, 0.6) is 0 Å². The highest BCUT2D eigenvalue weighted by Gasteiger charge is 2.41. The van der Waals surface area contributed by atoms with Crippen molar-refractivity contribution in [3.8, 4) is 0 Å². The minimum Gasteiger partial charge on any atom is -0.478 e. The number of aryl methyl sites for hydroxylation is 1. The van der Waals surface area contributed by atoms with Gasteiger partial charge in [0.15, 0.2) is 5.78 Å². The molecule has 1 aliphatic heterocycles. The number of ketones is 1. The highest BCUT2D eigenvalue weighted by molar-refractivity contribution is 6.14. The number of nitrogens with one attached hydrogen (secondary N) is 1. The summed E-state index contributed by atoms with van der Waals surface area (Å²) in [6, 6.07) is 14.2. The van der Waals surface area contributed by atoms with E-state index in [9.17, 15) is 14.7 Å². The lowest BCUT2D eigenvalue weighted by Gasteiger charge is -2.34.